The van der Waals surface area contributed by atoms with Crippen molar-refractivity contribution < 1.29 is 17.9 Å². The highest BCUT2D eigenvalue weighted by atomic mass is 32.2. The Labute approximate surface area is 235 Å². The number of sulfone groups is 1. The average Bonchev–Trinajstić information content (AvgIpc) is 3.89. The molecule has 0 aromatic heterocycles. The Bertz CT molecular complexity index is 1560. The molecule has 1 unspecified atom stereocenters. The molecule has 1 heterocycles. The summed E-state index contributed by atoms with van der Waals surface area (Å²) in [6.07, 6.45) is 5.11. The number of carbonyl (C=O) groups excluding carboxylic acids is 1. The average molecular weight is 556 g/mol. The Kier molecular flexibility index (Phi) is 7.01. The van der Waals surface area contributed by atoms with Crippen LogP contribution in [0.2, 0.25) is 0 Å². The Morgan fingerprint density at radius 2 is 1.70 bits per heavy atom. The van der Waals surface area contributed by atoms with Gasteiger partial charge in [-0.25, -0.2) is 8.42 Å². The second-order valence-corrected chi connectivity index (χ2v) is 13.2. The van der Waals surface area contributed by atoms with Gasteiger partial charge in [0.05, 0.1) is 41.4 Å². The predicted octanol–water partition coefficient (Wildman–Crippen LogP) is 6.15. The highest BCUT2D eigenvalue weighted by Gasteiger charge is 2.30. The molecular weight excluding hydrogens is 522 g/mol. The number of nitrogens with zero attached hydrogens (tertiary/aromatic N) is 2. The number of benzene rings is 3. The van der Waals surface area contributed by atoms with E-state index in [4.69, 9.17) is 4.74 Å². The van der Waals surface area contributed by atoms with E-state index in [1.54, 1.807) is 31.2 Å². The Morgan fingerprint density at radius 3 is 2.30 bits per heavy atom. The smallest absolute Gasteiger partial charge is 0.251 e. The van der Waals surface area contributed by atoms with Gasteiger partial charge in [-0.3, -0.25) is 4.79 Å². The second-order valence-electron chi connectivity index (χ2n) is 10.9. The standard InChI is InChI=1S/C32H33N3O4S/c1-2-40(37,38)28-10-7-23(8-11-28)29(13-14-33)34-32(36)24-9-12-30-31(20-24)39-16-15-35(30)27-18-25(21-3-4-21)17-26(19-27)22-5-6-22/h7-12,17-22,29H,2-6,13,15-16H2,1H3,(H,34,36). The number of ether oxygens (including phenoxy) is 1. The molecule has 3 aliphatic rings. The van der Waals surface area contributed by atoms with E-state index in [1.165, 1.54) is 54.6 Å². The van der Waals surface area contributed by atoms with E-state index < -0.39 is 15.9 Å². The second kappa shape index (κ2) is 10.6. The van der Waals surface area contributed by atoms with Crippen molar-refractivity contribution in [3.63, 3.8) is 0 Å². The Morgan fingerprint density at radius 1 is 1.02 bits per heavy atom. The minimum Gasteiger partial charge on any atom is -0.490 e. The van der Waals surface area contributed by atoms with Gasteiger partial charge in [-0.2, -0.15) is 5.26 Å². The predicted molar refractivity (Wildman–Crippen MR) is 154 cm³/mol. The van der Waals surface area contributed by atoms with Crippen LogP contribution < -0.4 is 15.0 Å². The van der Waals surface area contributed by atoms with E-state index >= 15 is 0 Å². The normalized spacial score (nSPS) is 17.4. The molecule has 6 rings (SSSR count). The van der Waals surface area contributed by atoms with Gasteiger partial charge >= 0.3 is 0 Å². The van der Waals surface area contributed by atoms with Crippen molar-refractivity contribution >= 4 is 27.1 Å². The molecule has 1 amide bonds. The highest BCUT2D eigenvalue weighted by Crippen LogP contribution is 2.48. The van der Waals surface area contributed by atoms with Crippen LogP contribution in [0.4, 0.5) is 11.4 Å². The lowest BCUT2D eigenvalue weighted by Crippen LogP contribution is -2.30. The lowest BCUT2D eigenvalue weighted by molar-refractivity contribution is 0.0936. The van der Waals surface area contributed by atoms with Crippen LogP contribution in [0.1, 0.15) is 84.0 Å². The van der Waals surface area contributed by atoms with Gasteiger partial charge in [0, 0.05) is 11.3 Å². The third-order valence-corrected chi connectivity index (χ3v) is 9.83. The van der Waals surface area contributed by atoms with E-state index in [1.807, 2.05) is 6.07 Å². The van der Waals surface area contributed by atoms with Gasteiger partial charge in [-0.15, -0.1) is 0 Å². The lowest BCUT2D eigenvalue weighted by Gasteiger charge is -2.32. The summed E-state index contributed by atoms with van der Waals surface area (Å²) in [7, 11) is -3.33. The maximum Gasteiger partial charge on any atom is 0.251 e. The number of hydrogen-bond donors (Lipinski definition) is 1. The largest absolute Gasteiger partial charge is 0.490 e. The number of hydrogen-bond acceptors (Lipinski definition) is 6. The van der Waals surface area contributed by atoms with Crippen molar-refractivity contribution in [2.45, 2.75) is 61.8 Å². The molecule has 0 saturated heterocycles. The number of nitriles is 1. The molecule has 3 aromatic carbocycles. The molecule has 40 heavy (non-hydrogen) atoms. The van der Waals surface area contributed by atoms with Gasteiger partial charge in [-0.1, -0.05) is 25.1 Å². The van der Waals surface area contributed by atoms with Crippen LogP contribution in [0.3, 0.4) is 0 Å². The summed E-state index contributed by atoms with van der Waals surface area (Å²) in [6.45, 7) is 2.86. The summed E-state index contributed by atoms with van der Waals surface area (Å²) in [6, 6.07) is 20.5. The molecule has 2 fully saturated rings. The van der Waals surface area contributed by atoms with E-state index in [2.05, 4.69) is 34.5 Å². The third-order valence-electron chi connectivity index (χ3n) is 8.08. The molecule has 2 aliphatic carbocycles. The zero-order valence-electron chi connectivity index (χ0n) is 22.6. The van der Waals surface area contributed by atoms with Crippen molar-refractivity contribution in [1.29, 1.82) is 5.26 Å². The first-order valence-corrected chi connectivity index (χ1v) is 15.7. The fourth-order valence-corrected chi connectivity index (χ4v) is 6.29. The molecule has 1 atom stereocenters. The summed E-state index contributed by atoms with van der Waals surface area (Å²) < 4.78 is 30.3. The van der Waals surface area contributed by atoms with Gasteiger partial charge in [0.25, 0.3) is 5.91 Å². The van der Waals surface area contributed by atoms with Crippen molar-refractivity contribution in [3.05, 3.63) is 82.9 Å². The topological polar surface area (TPSA) is 99.5 Å². The molecule has 0 spiro atoms. The fraction of sp³-hybridized carbons (Fsp3) is 0.375. The molecule has 206 valence electrons. The number of amides is 1. The Hall–Kier alpha value is -3.83. The number of carbonyl (C=O) groups is 1. The van der Waals surface area contributed by atoms with Crippen LogP contribution >= 0.6 is 0 Å². The molecule has 7 nitrogen and oxygen atoms in total. The lowest BCUT2D eigenvalue weighted by atomic mass is 10.0. The van der Waals surface area contributed by atoms with E-state index in [0.717, 1.165) is 12.2 Å². The quantitative estimate of drug-likeness (QED) is 0.340. The summed E-state index contributed by atoms with van der Waals surface area (Å²) >= 11 is 0. The maximum atomic E-state index is 13.3. The van der Waals surface area contributed by atoms with Crippen molar-refractivity contribution in [1.82, 2.24) is 5.32 Å². The molecule has 2 saturated carbocycles. The summed E-state index contributed by atoms with van der Waals surface area (Å²) in [5.41, 5.74) is 6.13. The van der Waals surface area contributed by atoms with Crippen LogP contribution in [0.15, 0.2) is 65.6 Å². The summed E-state index contributed by atoms with van der Waals surface area (Å²) in [5.74, 6) is 1.71. The van der Waals surface area contributed by atoms with Gasteiger partial charge in [0.1, 0.15) is 12.4 Å². The van der Waals surface area contributed by atoms with Gasteiger partial charge in [0.15, 0.2) is 9.84 Å². The first-order valence-electron chi connectivity index (χ1n) is 14.1. The first kappa shape index (κ1) is 26.4. The molecule has 1 aliphatic heterocycles. The molecule has 1 N–H and O–H groups in total. The number of fused-ring (bicyclic) bond motifs is 1. The molecular formula is C32H33N3O4S. The zero-order chi connectivity index (χ0) is 27.9. The molecule has 8 heteroatoms. The highest BCUT2D eigenvalue weighted by molar-refractivity contribution is 7.91. The van der Waals surface area contributed by atoms with Gasteiger partial charge in [0.2, 0.25) is 0 Å². The van der Waals surface area contributed by atoms with Crippen LogP contribution in [0.5, 0.6) is 5.75 Å². The minimum atomic E-state index is -3.33. The monoisotopic (exact) mass is 555 g/mol. The van der Waals surface area contributed by atoms with Gasteiger partial charge < -0.3 is 15.0 Å². The van der Waals surface area contributed by atoms with E-state index in [-0.39, 0.29) is 23.0 Å². The maximum absolute atomic E-state index is 13.3. The molecule has 3 aromatic rings. The van der Waals surface area contributed by atoms with Crippen LogP contribution in [-0.2, 0) is 9.84 Å². The number of rotatable bonds is 9. The SMILES string of the molecule is CCS(=O)(=O)c1ccc(C(CC#N)NC(=O)c2ccc3c(c2)OCCN3c2cc(C3CC3)cc(C3CC3)c2)cc1. The van der Waals surface area contributed by atoms with Crippen LogP contribution in [0.25, 0.3) is 0 Å². The fourth-order valence-electron chi connectivity index (χ4n) is 5.41. The van der Waals surface area contributed by atoms with E-state index in [9.17, 15) is 18.5 Å². The van der Waals surface area contributed by atoms with Crippen molar-refractivity contribution in [2.75, 3.05) is 23.8 Å². The summed E-state index contributed by atoms with van der Waals surface area (Å²) in [4.78, 5) is 15.8. The van der Waals surface area contributed by atoms with Crippen LogP contribution in [-0.4, -0.2) is 33.2 Å². The van der Waals surface area contributed by atoms with Crippen molar-refractivity contribution in [2.24, 2.45) is 0 Å². The molecule has 0 bridgehead atoms. The van der Waals surface area contributed by atoms with Gasteiger partial charge in [-0.05, 0) is 96.7 Å². The van der Waals surface area contributed by atoms with Crippen molar-refractivity contribution in [3.8, 4) is 11.8 Å². The minimum absolute atomic E-state index is 0.0101. The molecule has 0 radical (unpaired) electrons. The Balaban J connectivity index is 1.23. The number of anilines is 2. The first-order chi connectivity index (χ1) is 19.4. The zero-order valence-corrected chi connectivity index (χ0v) is 23.4. The van der Waals surface area contributed by atoms with E-state index in [0.29, 0.717) is 35.3 Å². The summed E-state index contributed by atoms with van der Waals surface area (Å²) in [5, 5.41) is 12.3. The number of nitrogens with one attached hydrogen (secondary N) is 1. The third kappa shape index (κ3) is 5.44. The van der Waals surface area contributed by atoms with Crippen LogP contribution in [0, 0.1) is 11.3 Å².